The smallest absolute Gasteiger partial charge is 0.242 e. The molecule has 1 aromatic heterocycles. The van der Waals surface area contributed by atoms with Crippen molar-refractivity contribution in [2.24, 2.45) is 0 Å². The summed E-state index contributed by atoms with van der Waals surface area (Å²) in [5, 5.41) is 3.81. The van der Waals surface area contributed by atoms with Crippen LogP contribution in [0, 0.1) is 13.8 Å². The van der Waals surface area contributed by atoms with Gasteiger partial charge in [-0.2, -0.15) is 0 Å². The number of hydrogen-bond acceptors (Lipinski definition) is 5. The number of para-hydroxylation sites is 1. The Labute approximate surface area is 193 Å². The lowest BCUT2D eigenvalue weighted by Gasteiger charge is -2.20. The van der Waals surface area contributed by atoms with Gasteiger partial charge in [-0.15, -0.1) is 0 Å². The van der Waals surface area contributed by atoms with Gasteiger partial charge >= 0.3 is 0 Å². The molecule has 7 heteroatoms. The minimum absolute atomic E-state index is 0.0783. The molecule has 0 aliphatic carbocycles. The topological polar surface area (TPSA) is 88.4 Å². The van der Waals surface area contributed by atoms with Gasteiger partial charge in [0.2, 0.25) is 10.0 Å². The summed E-state index contributed by atoms with van der Waals surface area (Å²) < 4.78 is 33.7. The van der Waals surface area contributed by atoms with E-state index in [2.05, 4.69) is 10.0 Å². The van der Waals surface area contributed by atoms with E-state index in [1.54, 1.807) is 31.2 Å². The van der Waals surface area contributed by atoms with E-state index in [0.717, 1.165) is 16.7 Å². The maximum Gasteiger partial charge on any atom is 0.242 e. The van der Waals surface area contributed by atoms with Gasteiger partial charge in [-0.3, -0.25) is 4.79 Å². The van der Waals surface area contributed by atoms with Gasteiger partial charge in [0.15, 0.2) is 5.43 Å². The van der Waals surface area contributed by atoms with Crippen molar-refractivity contribution in [1.29, 1.82) is 0 Å². The van der Waals surface area contributed by atoms with Crippen molar-refractivity contribution in [2.45, 2.75) is 31.7 Å². The number of nitrogens with one attached hydrogen (secondary N) is 2. The highest BCUT2D eigenvalue weighted by atomic mass is 32.2. The molecular weight excluding hydrogens is 436 g/mol. The Morgan fingerprint density at radius 2 is 1.61 bits per heavy atom. The fourth-order valence-corrected chi connectivity index (χ4v) is 4.89. The number of anilines is 1. The lowest BCUT2D eigenvalue weighted by Crippen LogP contribution is -2.21. The number of aryl methyl sites for hydroxylation is 1. The molecule has 3 aromatic carbocycles. The number of fused-ring (bicyclic) bond motifs is 1. The second kappa shape index (κ2) is 8.84. The van der Waals surface area contributed by atoms with Crippen LogP contribution in [0.15, 0.2) is 80.8 Å². The third kappa shape index (κ3) is 4.29. The molecule has 170 valence electrons. The molecule has 0 fully saturated rings. The first-order valence-corrected chi connectivity index (χ1v) is 12.1. The standard InChI is InChI=1S/C26H26N2O4S/c1-16-14-20(18(3)28-22-12-8-9-13-23(22)33(30,31)27-4)26-21(15-16)24(29)17(2)25(32-26)19-10-6-5-7-11-19/h5-15,18,27-28H,1-4H3/t18-/m1/s1. The molecule has 0 bridgehead atoms. The molecule has 1 atom stereocenters. The molecule has 0 radical (unpaired) electrons. The predicted molar refractivity (Wildman–Crippen MR) is 132 cm³/mol. The van der Waals surface area contributed by atoms with E-state index >= 15 is 0 Å². The van der Waals surface area contributed by atoms with Crippen LogP contribution in [0.25, 0.3) is 22.3 Å². The van der Waals surface area contributed by atoms with Crippen LogP contribution in [0.4, 0.5) is 5.69 Å². The molecule has 4 rings (SSSR count). The van der Waals surface area contributed by atoms with Crippen LogP contribution >= 0.6 is 0 Å². The average Bonchev–Trinajstić information content (AvgIpc) is 2.82. The molecule has 0 amide bonds. The molecule has 33 heavy (non-hydrogen) atoms. The van der Waals surface area contributed by atoms with Crippen molar-refractivity contribution in [3.8, 4) is 11.3 Å². The second-order valence-corrected chi connectivity index (χ2v) is 9.91. The quantitative estimate of drug-likeness (QED) is 0.413. The predicted octanol–water partition coefficient (Wildman–Crippen LogP) is 5.16. The fraction of sp³-hybridized carbons (Fsp3) is 0.192. The van der Waals surface area contributed by atoms with Crippen molar-refractivity contribution in [3.63, 3.8) is 0 Å². The molecule has 0 unspecified atom stereocenters. The first-order chi connectivity index (χ1) is 15.7. The van der Waals surface area contributed by atoms with Crippen molar-refractivity contribution >= 4 is 26.7 Å². The monoisotopic (exact) mass is 462 g/mol. The highest BCUT2D eigenvalue weighted by molar-refractivity contribution is 7.89. The minimum Gasteiger partial charge on any atom is -0.455 e. The third-order valence-corrected chi connectivity index (χ3v) is 7.18. The zero-order valence-corrected chi connectivity index (χ0v) is 19.8. The van der Waals surface area contributed by atoms with Gasteiger partial charge in [-0.05, 0) is 51.6 Å². The average molecular weight is 463 g/mol. The summed E-state index contributed by atoms with van der Waals surface area (Å²) >= 11 is 0. The van der Waals surface area contributed by atoms with Crippen molar-refractivity contribution in [3.05, 3.63) is 93.6 Å². The molecule has 1 heterocycles. The summed E-state index contributed by atoms with van der Waals surface area (Å²) in [5.74, 6) is 0.531. The number of benzene rings is 3. The van der Waals surface area contributed by atoms with Crippen molar-refractivity contribution in [2.75, 3.05) is 12.4 Å². The molecule has 2 N–H and O–H groups in total. The van der Waals surface area contributed by atoms with E-state index in [1.165, 1.54) is 7.05 Å². The number of rotatable bonds is 6. The maximum atomic E-state index is 13.3. The maximum absolute atomic E-state index is 13.3. The van der Waals surface area contributed by atoms with Crippen LogP contribution in [0.3, 0.4) is 0 Å². The van der Waals surface area contributed by atoms with E-state index < -0.39 is 10.0 Å². The second-order valence-electron chi connectivity index (χ2n) is 8.05. The Balaban J connectivity index is 1.88. The van der Waals surface area contributed by atoms with Gasteiger partial charge in [0.05, 0.1) is 17.1 Å². The Kier molecular flexibility index (Phi) is 6.10. The van der Waals surface area contributed by atoms with Crippen molar-refractivity contribution < 1.29 is 12.8 Å². The lowest BCUT2D eigenvalue weighted by molar-refractivity contribution is 0.588. The molecule has 4 aromatic rings. The van der Waals surface area contributed by atoms with Gasteiger partial charge in [0.25, 0.3) is 0 Å². The van der Waals surface area contributed by atoms with Gasteiger partial charge in [-0.25, -0.2) is 13.1 Å². The van der Waals surface area contributed by atoms with Gasteiger partial charge in [0, 0.05) is 16.7 Å². The summed E-state index contributed by atoms with van der Waals surface area (Å²) in [6, 6.07) is 19.7. The summed E-state index contributed by atoms with van der Waals surface area (Å²) in [4.78, 5) is 13.4. The van der Waals surface area contributed by atoms with Crippen LogP contribution in [0.1, 0.15) is 29.7 Å². The minimum atomic E-state index is -3.65. The van der Waals surface area contributed by atoms with E-state index in [4.69, 9.17) is 4.42 Å². The Morgan fingerprint density at radius 3 is 2.30 bits per heavy atom. The molecule has 6 nitrogen and oxygen atoms in total. The number of hydrogen-bond donors (Lipinski definition) is 2. The first-order valence-electron chi connectivity index (χ1n) is 10.7. The van der Waals surface area contributed by atoms with Crippen LogP contribution in [-0.4, -0.2) is 15.5 Å². The van der Waals surface area contributed by atoms with Gasteiger partial charge in [0.1, 0.15) is 16.2 Å². The van der Waals surface area contributed by atoms with Crippen LogP contribution in [0.2, 0.25) is 0 Å². The summed E-state index contributed by atoms with van der Waals surface area (Å²) in [6.07, 6.45) is 0. The van der Waals surface area contributed by atoms with E-state index in [1.807, 2.05) is 56.3 Å². The van der Waals surface area contributed by atoms with Crippen LogP contribution in [-0.2, 0) is 10.0 Å². The zero-order valence-electron chi connectivity index (χ0n) is 19.0. The van der Waals surface area contributed by atoms with Crippen LogP contribution in [0.5, 0.6) is 0 Å². The SMILES string of the molecule is CNS(=O)(=O)c1ccccc1N[C@H](C)c1cc(C)cc2c(=O)c(C)c(-c3ccccc3)oc12. The van der Waals surface area contributed by atoms with E-state index in [-0.39, 0.29) is 16.4 Å². The molecule has 0 aliphatic heterocycles. The molecule has 0 saturated heterocycles. The zero-order chi connectivity index (χ0) is 23.8. The Morgan fingerprint density at radius 1 is 0.939 bits per heavy atom. The summed E-state index contributed by atoms with van der Waals surface area (Å²) in [5.41, 5.74) is 3.95. The highest BCUT2D eigenvalue weighted by Gasteiger charge is 2.21. The van der Waals surface area contributed by atoms with E-state index in [9.17, 15) is 13.2 Å². The highest BCUT2D eigenvalue weighted by Crippen LogP contribution is 2.33. The Hall–Kier alpha value is -3.42. The summed E-state index contributed by atoms with van der Waals surface area (Å²) in [6.45, 7) is 5.62. The molecule has 0 aliphatic rings. The number of sulfonamides is 1. The third-order valence-electron chi connectivity index (χ3n) is 5.71. The van der Waals surface area contributed by atoms with E-state index in [0.29, 0.717) is 28.0 Å². The molecule has 0 spiro atoms. The van der Waals surface area contributed by atoms with Gasteiger partial charge in [-0.1, -0.05) is 48.5 Å². The molecule has 0 saturated carbocycles. The molecular formula is C26H26N2O4S. The first kappa shape index (κ1) is 22.8. The summed E-state index contributed by atoms with van der Waals surface area (Å²) in [7, 11) is -2.27. The largest absolute Gasteiger partial charge is 0.455 e. The Bertz CT molecular complexity index is 1490. The van der Waals surface area contributed by atoms with Gasteiger partial charge < -0.3 is 9.73 Å². The lowest BCUT2D eigenvalue weighted by atomic mass is 9.99. The fourth-order valence-electron chi connectivity index (χ4n) is 4.00. The van der Waals surface area contributed by atoms with Crippen molar-refractivity contribution in [1.82, 2.24) is 4.72 Å². The van der Waals surface area contributed by atoms with Crippen LogP contribution < -0.4 is 15.5 Å². The normalized spacial score (nSPS) is 12.6.